The predicted octanol–water partition coefficient (Wildman–Crippen LogP) is 4.90. The van der Waals surface area contributed by atoms with Gasteiger partial charge < -0.3 is 0 Å². The molecule has 0 radical (unpaired) electrons. The molecule has 0 atom stereocenters. The molecule has 1 aliphatic heterocycles. The van der Waals surface area contributed by atoms with E-state index in [1.165, 1.54) is 36.4 Å². The Morgan fingerprint density at radius 1 is 1.08 bits per heavy atom. The fourth-order valence-corrected chi connectivity index (χ4v) is 3.13. The summed E-state index contributed by atoms with van der Waals surface area (Å²) in [7, 11) is 0. The van der Waals surface area contributed by atoms with Crippen LogP contribution in [0.15, 0.2) is 53.4 Å². The maximum absolute atomic E-state index is 13.7. The Kier molecular flexibility index (Phi) is 4.38. The Hall–Kier alpha value is -2.61. The topological polar surface area (TPSA) is 44.2 Å². The molecule has 1 aliphatic rings. The van der Waals surface area contributed by atoms with E-state index in [4.69, 9.17) is 5.41 Å². The van der Waals surface area contributed by atoms with Crippen molar-refractivity contribution in [1.29, 1.82) is 5.41 Å². The van der Waals surface area contributed by atoms with Gasteiger partial charge in [-0.05, 0) is 42.1 Å². The van der Waals surface area contributed by atoms with Crippen molar-refractivity contribution >= 4 is 34.6 Å². The Morgan fingerprint density at radius 2 is 1.80 bits per heavy atom. The van der Waals surface area contributed by atoms with Crippen molar-refractivity contribution < 1.29 is 22.4 Å². The largest absolute Gasteiger partial charge is 0.416 e. The van der Waals surface area contributed by atoms with Crippen LogP contribution in [0.1, 0.15) is 11.1 Å². The summed E-state index contributed by atoms with van der Waals surface area (Å²) in [4.78, 5) is 13.4. The number of thioether (sulfide) groups is 1. The van der Waals surface area contributed by atoms with E-state index in [1.807, 2.05) is 0 Å². The van der Waals surface area contributed by atoms with Gasteiger partial charge in [-0.1, -0.05) is 24.3 Å². The van der Waals surface area contributed by atoms with Gasteiger partial charge in [0, 0.05) is 5.56 Å². The Morgan fingerprint density at radius 3 is 2.48 bits per heavy atom. The van der Waals surface area contributed by atoms with Crippen LogP contribution in [0.2, 0.25) is 0 Å². The molecule has 0 saturated carbocycles. The molecule has 0 bridgehead atoms. The number of benzene rings is 2. The minimum atomic E-state index is -4.56. The first kappa shape index (κ1) is 17.2. The zero-order valence-corrected chi connectivity index (χ0v) is 13.3. The van der Waals surface area contributed by atoms with Crippen LogP contribution in [0.5, 0.6) is 0 Å². The van der Waals surface area contributed by atoms with E-state index in [0.29, 0.717) is 0 Å². The number of amides is 1. The number of amidine groups is 1. The van der Waals surface area contributed by atoms with Crippen LogP contribution in [0.4, 0.5) is 23.2 Å². The van der Waals surface area contributed by atoms with E-state index in [2.05, 4.69) is 0 Å². The van der Waals surface area contributed by atoms with Gasteiger partial charge in [-0.15, -0.1) is 0 Å². The quantitative estimate of drug-likeness (QED) is 0.607. The lowest BCUT2D eigenvalue weighted by Gasteiger charge is -2.16. The Bertz CT molecular complexity index is 892. The molecule has 1 saturated heterocycles. The first-order valence-electron chi connectivity index (χ1n) is 7.02. The molecule has 25 heavy (non-hydrogen) atoms. The summed E-state index contributed by atoms with van der Waals surface area (Å²) in [6, 6.07) is 9.96. The monoisotopic (exact) mass is 366 g/mol. The average molecular weight is 366 g/mol. The van der Waals surface area contributed by atoms with Crippen LogP contribution in [-0.4, -0.2) is 11.1 Å². The summed E-state index contributed by atoms with van der Waals surface area (Å²) in [5.41, 5.74) is -0.812. The summed E-state index contributed by atoms with van der Waals surface area (Å²) in [6.45, 7) is 0. The molecule has 8 heteroatoms. The number of alkyl halides is 3. The highest BCUT2D eigenvalue weighted by molar-refractivity contribution is 8.19. The normalized spacial score (nSPS) is 16.8. The minimum Gasteiger partial charge on any atom is -0.278 e. The van der Waals surface area contributed by atoms with E-state index in [1.54, 1.807) is 6.07 Å². The summed E-state index contributed by atoms with van der Waals surface area (Å²) in [5.74, 6) is -1.20. The molecule has 128 valence electrons. The lowest BCUT2D eigenvalue weighted by Crippen LogP contribution is -2.28. The number of halogens is 4. The van der Waals surface area contributed by atoms with Crippen molar-refractivity contribution in [1.82, 2.24) is 0 Å². The van der Waals surface area contributed by atoms with E-state index in [9.17, 15) is 22.4 Å². The van der Waals surface area contributed by atoms with Gasteiger partial charge in [0.2, 0.25) is 0 Å². The van der Waals surface area contributed by atoms with Gasteiger partial charge in [0.15, 0.2) is 5.17 Å². The second-order valence-corrected chi connectivity index (χ2v) is 6.16. The summed E-state index contributed by atoms with van der Waals surface area (Å²) in [5, 5.41) is 7.66. The Labute approximate surface area is 144 Å². The van der Waals surface area contributed by atoms with Crippen molar-refractivity contribution in [2.75, 3.05) is 4.90 Å². The van der Waals surface area contributed by atoms with Gasteiger partial charge in [-0.25, -0.2) is 4.39 Å². The second-order valence-electron chi connectivity index (χ2n) is 5.13. The minimum absolute atomic E-state index is 0.0609. The molecule has 3 rings (SSSR count). The number of hydrogen-bond donors (Lipinski definition) is 1. The predicted molar refractivity (Wildman–Crippen MR) is 88.6 cm³/mol. The maximum Gasteiger partial charge on any atom is 0.416 e. The van der Waals surface area contributed by atoms with E-state index in [0.717, 1.165) is 28.8 Å². The Balaban J connectivity index is 1.96. The highest BCUT2D eigenvalue weighted by Crippen LogP contribution is 2.37. The van der Waals surface area contributed by atoms with E-state index >= 15 is 0 Å². The summed E-state index contributed by atoms with van der Waals surface area (Å²) < 4.78 is 52.2. The van der Waals surface area contributed by atoms with Crippen molar-refractivity contribution in [2.24, 2.45) is 0 Å². The van der Waals surface area contributed by atoms with Gasteiger partial charge in [0.05, 0.1) is 16.2 Å². The number of carbonyl (C=O) groups is 1. The molecule has 1 heterocycles. The molecular formula is C17H10F4N2OS. The van der Waals surface area contributed by atoms with Crippen molar-refractivity contribution in [3.8, 4) is 0 Å². The number of nitrogens with one attached hydrogen (secondary N) is 1. The zero-order valence-electron chi connectivity index (χ0n) is 12.5. The molecular weight excluding hydrogens is 356 g/mol. The third-order valence-corrected chi connectivity index (χ3v) is 4.34. The standard InChI is InChI=1S/C17H10F4N2OS/c18-13-7-2-1-4-10(13)8-14-15(24)23(16(22)25-14)12-6-3-5-11(9-12)17(19,20)21/h1-9,22H/b14-8-,22-16?. The fourth-order valence-electron chi connectivity index (χ4n) is 2.28. The van der Waals surface area contributed by atoms with Crippen LogP contribution in [0.3, 0.4) is 0 Å². The van der Waals surface area contributed by atoms with Gasteiger partial charge in [0.1, 0.15) is 5.82 Å². The maximum atomic E-state index is 13.7. The van der Waals surface area contributed by atoms with Crippen molar-refractivity contribution in [2.45, 2.75) is 6.18 Å². The van der Waals surface area contributed by atoms with Crippen LogP contribution in [0, 0.1) is 11.2 Å². The van der Waals surface area contributed by atoms with Crippen LogP contribution in [0.25, 0.3) is 6.08 Å². The molecule has 2 aromatic rings. The molecule has 0 unspecified atom stereocenters. The molecule has 0 aliphatic carbocycles. The molecule has 3 nitrogen and oxygen atoms in total. The van der Waals surface area contributed by atoms with Gasteiger partial charge >= 0.3 is 6.18 Å². The summed E-state index contributed by atoms with van der Waals surface area (Å²) >= 11 is 0.766. The number of anilines is 1. The number of nitrogens with zero attached hydrogens (tertiary/aromatic N) is 1. The van der Waals surface area contributed by atoms with Crippen molar-refractivity contribution in [3.05, 3.63) is 70.4 Å². The van der Waals surface area contributed by atoms with Gasteiger partial charge in [-0.2, -0.15) is 13.2 Å². The van der Waals surface area contributed by atoms with Crippen molar-refractivity contribution in [3.63, 3.8) is 0 Å². The molecule has 1 fully saturated rings. The van der Waals surface area contributed by atoms with Gasteiger partial charge in [-0.3, -0.25) is 15.1 Å². The molecule has 2 aromatic carbocycles. The smallest absolute Gasteiger partial charge is 0.278 e. The first-order chi connectivity index (χ1) is 11.8. The lowest BCUT2D eigenvalue weighted by molar-refractivity contribution is -0.137. The fraction of sp³-hybridized carbons (Fsp3) is 0.0588. The van der Waals surface area contributed by atoms with Crippen LogP contribution < -0.4 is 4.90 Å². The average Bonchev–Trinajstić information content (AvgIpc) is 2.83. The highest BCUT2D eigenvalue weighted by atomic mass is 32.2. The molecule has 0 spiro atoms. The molecule has 1 amide bonds. The lowest BCUT2D eigenvalue weighted by atomic mass is 10.1. The zero-order chi connectivity index (χ0) is 18.2. The molecule has 0 aromatic heterocycles. The number of carbonyl (C=O) groups excluding carboxylic acids is 1. The number of rotatable bonds is 2. The number of hydrogen-bond acceptors (Lipinski definition) is 3. The molecule has 1 N–H and O–H groups in total. The van der Waals surface area contributed by atoms with E-state index < -0.39 is 23.5 Å². The third kappa shape index (κ3) is 3.43. The van der Waals surface area contributed by atoms with Gasteiger partial charge in [0.25, 0.3) is 5.91 Å². The summed E-state index contributed by atoms with van der Waals surface area (Å²) in [6.07, 6.45) is -3.27. The van der Waals surface area contributed by atoms with E-state index in [-0.39, 0.29) is 21.3 Å². The van der Waals surface area contributed by atoms with Crippen LogP contribution >= 0.6 is 11.8 Å². The second kappa shape index (κ2) is 6.36. The third-order valence-electron chi connectivity index (χ3n) is 3.45. The first-order valence-corrected chi connectivity index (χ1v) is 7.83. The highest BCUT2D eigenvalue weighted by Gasteiger charge is 2.36. The SMILES string of the molecule is N=C1S/C(=C\c2ccccc2F)C(=O)N1c1cccc(C(F)(F)F)c1. The van der Waals surface area contributed by atoms with Crippen LogP contribution in [-0.2, 0) is 11.0 Å².